The maximum absolute atomic E-state index is 13.4. The average Bonchev–Trinajstić information content (AvgIpc) is 3.16. The molecule has 0 spiro atoms. The Morgan fingerprint density at radius 2 is 1.62 bits per heavy atom. The molecule has 0 aromatic heterocycles. The molecule has 4 N–H and O–H groups in total. The Morgan fingerprint density at radius 3 is 2.28 bits per heavy atom. The second-order valence-electron chi connectivity index (χ2n) is 11.9. The van der Waals surface area contributed by atoms with Crippen LogP contribution in [0.25, 0.3) is 0 Å². The van der Waals surface area contributed by atoms with Crippen molar-refractivity contribution in [1.82, 2.24) is 15.5 Å². The fourth-order valence-corrected chi connectivity index (χ4v) is 6.56. The van der Waals surface area contributed by atoms with Crippen LogP contribution in [0.15, 0.2) is 11.6 Å². The van der Waals surface area contributed by atoms with Gasteiger partial charge in [0.2, 0.25) is 29.5 Å². The zero-order valence-corrected chi connectivity index (χ0v) is 24.0. The van der Waals surface area contributed by atoms with Gasteiger partial charge in [-0.15, -0.1) is 0 Å². The van der Waals surface area contributed by atoms with E-state index in [9.17, 15) is 24.0 Å². The zero-order chi connectivity index (χ0) is 28.5. The molecule has 1 heterocycles. The number of hydrogen-bond donors (Lipinski definition) is 3. The Kier molecular flexibility index (Phi) is 11.5. The molecule has 1 aliphatic heterocycles. The Hall–Kier alpha value is -2.71. The summed E-state index contributed by atoms with van der Waals surface area (Å²) >= 11 is 0. The molecule has 0 aromatic carbocycles. The summed E-state index contributed by atoms with van der Waals surface area (Å²) in [6.45, 7) is 6.77. The lowest BCUT2D eigenvalue weighted by Gasteiger charge is -2.42. The molecule has 3 aliphatic carbocycles. The standard InChI is InChI=1S/C30H48N4O5/c1-4-5-6-8-11-23(35)32-16-15-20-18-21-13-14-22(20)26-25(21)29(38)34(30(26)39)17-10-7-9-12-24(36)33-27(19(2)3)28(31)37/h18-19,21-22,25-27H,4-17H2,1-3H3,(H2,31,37)(H,32,35)(H,33,36)/t21?,22?,25?,26?,27-/m0/s1. The second kappa shape index (κ2) is 14.6. The first-order valence-electron chi connectivity index (χ1n) is 15.1. The molecule has 4 aliphatic rings. The molecule has 4 rings (SSSR count). The van der Waals surface area contributed by atoms with Crippen LogP contribution in [-0.4, -0.2) is 53.6 Å². The highest BCUT2D eigenvalue weighted by Crippen LogP contribution is 2.53. The number of imide groups is 1. The lowest BCUT2D eigenvalue weighted by molar-refractivity contribution is -0.140. The molecule has 2 fully saturated rings. The van der Waals surface area contributed by atoms with Crippen LogP contribution >= 0.6 is 0 Å². The highest BCUT2D eigenvalue weighted by Gasteiger charge is 2.57. The zero-order valence-electron chi connectivity index (χ0n) is 24.0. The average molecular weight is 545 g/mol. The summed E-state index contributed by atoms with van der Waals surface area (Å²) in [4.78, 5) is 63.9. The Morgan fingerprint density at radius 1 is 0.949 bits per heavy atom. The van der Waals surface area contributed by atoms with Gasteiger partial charge >= 0.3 is 0 Å². The lowest BCUT2D eigenvalue weighted by Crippen LogP contribution is -2.47. The van der Waals surface area contributed by atoms with E-state index in [0.717, 1.165) is 44.9 Å². The number of carbonyl (C=O) groups is 5. The maximum Gasteiger partial charge on any atom is 0.240 e. The molecular weight excluding hydrogens is 496 g/mol. The lowest BCUT2D eigenvalue weighted by atomic mass is 9.60. The number of allylic oxidation sites excluding steroid dienone is 1. The van der Waals surface area contributed by atoms with E-state index < -0.39 is 11.9 Å². The minimum atomic E-state index is -0.679. The van der Waals surface area contributed by atoms with Gasteiger partial charge in [0.05, 0.1) is 11.8 Å². The van der Waals surface area contributed by atoms with Gasteiger partial charge in [0.1, 0.15) is 6.04 Å². The van der Waals surface area contributed by atoms with Gasteiger partial charge in [0, 0.05) is 25.9 Å². The van der Waals surface area contributed by atoms with E-state index in [1.807, 2.05) is 13.8 Å². The van der Waals surface area contributed by atoms with Crippen molar-refractivity contribution in [1.29, 1.82) is 0 Å². The minimum absolute atomic E-state index is 0.0469. The summed E-state index contributed by atoms with van der Waals surface area (Å²) in [5.74, 6) is -1.17. The first-order chi connectivity index (χ1) is 18.6. The van der Waals surface area contributed by atoms with E-state index in [1.54, 1.807) is 0 Å². The van der Waals surface area contributed by atoms with Crippen LogP contribution in [0.5, 0.6) is 0 Å². The molecule has 5 atom stereocenters. The van der Waals surface area contributed by atoms with Gasteiger partial charge in [-0.25, -0.2) is 0 Å². The SMILES string of the molecule is CCCCCCC(=O)NCCC1=CC2CCC1C1C(=O)N(CCCCCC(=O)N[C@H](C(N)=O)C(C)C)C(=O)C21. The highest BCUT2D eigenvalue weighted by atomic mass is 16.2. The number of nitrogens with one attached hydrogen (secondary N) is 2. The summed E-state index contributed by atoms with van der Waals surface area (Å²) in [6.07, 6.45) is 11.9. The van der Waals surface area contributed by atoms with Gasteiger partial charge in [-0.2, -0.15) is 0 Å². The van der Waals surface area contributed by atoms with Crippen LogP contribution in [0.4, 0.5) is 0 Å². The summed E-state index contributed by atoms with van der Waals surface area (Å²) in [5, 5.41) is 5.72. The van der Waals surface area contributed by atoms with Crippen molar-refractivity contribution in [2.24, 2.45) is 35.3 Å². The highest BCUT2D eigenvalue weighted by molar-refractivity contribution is 6.06. The smallest absolute Gasteiger partial charge is 0.240 e. The normalized spacial score (nSPS) is 24.5. The molecule has 9 nitrogen and oxygen atoms in total. The van der Waals surface area contributed by atoms with Crippen LogP contribution in [0.1, 0.15) is 97.8 Å². The molecule has 5 amide bonds. The third kappa shape index (κ3) is 7.92. The molecule has 4 unspecified atom stereocenters. The van der Waals surface area contributed by atoms with E-state index in [0.29, 0.717) is 38.8 Å². The predicted octanol–water partition coefficient (Wildman–Crippen LogP) is 3.22. The number of primary amides is 1. The van der Waals surface area contributed by atoms with Crippen molar-refractivity contribution in [3.05, 3.63) is 11.6 Å². The van der Waals surface area contributed by atoms with Crippen molar-refractivity contribution >= 4 is 29.5 Å². The second-order valence-corrected chi connectivity index (χ2v) is 11.9. The van der Waals surface area contributed by atoms with E-state index in [1.165, 1.54) is 10.5 Å². The third-order valence-corrected chi connectivity index (χ3v) is 8.67. The predicted molar refractivity (Wildman–Crippen MR) is 149 cm³/mol. The number of rotatable bonds is 17. The van der Waals surface area contributed by atoms with Crippen molar-refractivity contribution in [3.8, 4) is 0 Å². The van der Waals surface area contributed by atoms with Gasteiger partial charge < -0.3 is 16.4 Å². The molecule has 0 aromatic rings. The molecule has 2 bridgehead atoms. The number of nitrogens with zero attached hydrogens (tertiary/aromatic N) is 1. The first-order valence-corrected chi connectivity index (χ1v) is 15.1. The van der Waals surface area contributed by atoms with Crippen molar-refractivity contribution in [2.45, 2.75) is 104 Å². The van der Waals surface area contributed by atoms with E-state index in [2.05, 4.69) is 23.6 Å². The number of likely N-dealkylation sites (tertiary alicyclic amines) is 1. The van der Waals surface area contributed by atoms with Crippen LogP contribution in [0.2, 0.25) is 0 Å². The topological polar surface area (TPSA) is 139 Å². The van der Waals surface area contributed by atoms with Crippen molar-refractivity contribution in [3.63, 3.8) is 0 Å². The van der Waals surface area contributed by atoms with E-state index in [-0.39, 0.29) is 59.6 Å². The summed E-state index contributed by atoms with van der Waals surface area (Å²) in [5.41, 5.74) is 6.58. The van der Waals surface area contributed by atoms with Gasteiger partial charge in [0.25, 0.3) is 0 Å². The summed E-state index contributed by atoms with van der Waals surface area (Å²) in [6, 6.07) is -0.679. The summed E-state index contributed by atoms with van der Waals surface area (Å²) in [7, 11) is 0. The van der Waals surface area contributed by atoms with Crippen LogP contribution in [0.3, 0.4) is 0 Å². The number of unbranched alkanes of at least 4 members (excludes halogenated alkanes) is 5. The van der Waals surface area contributed by atoms with Crippen LogP contribution < -0.4 is 16.4 Å². The number of fused-ring (bicyclic) bond motifs is 1. The molecule has 218 valence electrons. The Bertz CT molecular complexity index is 946. The van der Waals surface area contributed by atoms with Gasteiger partial charge in [-0.1, -0.05) is 58.1 Å². The van der Waals surface area contributed by atoms with Crippen LogP contribution in [-0.2, 0) is 24.0 Å². The number of amides is 5. The van der Waals surface area contributed by atoms with E-state index >= 15 is 0 Å². The number of nitrogens with two attached hydrogens (primary N) is 1. The summed E-state index contributed by atoms with van der Waals surface area (Å²) < 4.78 is 0. The number of carbonyl (C=O) groups excluding carboxylic acids is 5. The molecule has 9 heteroatoms. The molecule has 1 saturated carbocycles. The first kappa shape index (κ1) is 30.8. The molecular formula is C30H48N4O5. The monoisotopic (exact) mass is 544 g/mol. The maximum atomic E-state index is 13.4. The molecule has 39 heavy (non-hydrogen) atoms. The fourth-order valence-electron chi connectivity index (χ4n) is 6.56. The fraction of sp³-hybridized carbons (Fsp3) is 0.767. The Balaban J connectivity index is 1.42. The quantitative estimate of drug-likeness (QED) is 0.147. The van der Waals surface area contributed by atoms with Crippen LogP contribution in [0, 0.1) is 29.6 Å². The molecule has 1 saturated heterocycles. The minimum Gasteiger partial charge on any atom is -0.368 e. The largest absolute Gasteiger partial charge is 0.368 e. The van der Waals surface area contributed by atoms with Gasteiger partial charge in [-0.3, -0.25) is 28.9 Å². The van der Waals surface area contributed by atoms with Gasteiger partial charge in [-0.05, 0) is 56.3 Å². The van der Waals surface area contributed by atoms with Crippen molar-refractivity contribution < 1.29 is 24.0 Å². The Labute approximate surface area is 233 Å². The van der Waals surface area contributed by atoms with Gasteiger partial charge in [0.15, 0.2) is 0 Å². The molecule has 0 radical (unpaired) electrons. The van der Waals surface area contributed by atoms with E-state index in [4.69, 9.17) is 5.73 Å². The third-order valence-electron chi connectivity index (χ3n) is 8.67. The van der Waals surface area contributed by atoms with Crippen molar-refractivity contribution in [2.75, 3.05) is 13.1 Å². The number of hydrogen-bond acceptors (Lipinski definition) is 5.